The van der Waals surface area contributed by atoms with E-state index in [-0.39, 0.29) is 33.8 Å². The van der Waals surface area contributed by atoms with Crippen LogP contribution < -0.4 is 14.4 Å². The lowest BCUT2D eigenvalue weighted by Gasteiger charge is -2.22. The highest BCUT2D eigenvalue weighted by Crippen LogP contribution is 2.51. The van der Waals surface area contributed by atoms with Gasteiger partial charge in [-0.25, -0.2) is 4.57 Å². The van der Waals surface area contributed by atoms with Gasteiger partial charge in [-0.1, -0.05) is 81.0 Å². The Labute approximate surface area is 266 Å². The Morgan fingerprint density at radius 3 is 2.33 bits per heavy atom. The second kappa shape index (κ2) is 23.6. The van der Waals surface area contributed by atoms with Crippen LogP contribution in [0.5, 0.6) is 11.5 Å². The number of amides is 1. The van der Waals surface area contributed by atoms with Crippen LogP contribution in [0.4, 0.5) is 0 Å². The number of phosphoric ester groups is 1. The van der Waals surface area contributed by atoms with Crippen molar-refractivity contribution in [2.24, 2.45) is 0 Å². The summed E-state index contributed by atoms with van der Waals surface area (Å²) in [6.45, 7) is 9.37. The molecule has 0 spiro atoms. The molecule has 0 bridgehead atoms. The smallest absolute Gasteiger partial charge is 0.395 e. The molecule has 2 aromatic rings. The molecule has 0 aromatic heterocycles. The van der Waals surface area contributed by atoms with E-state index in [0.29, 0.717) is 5.70 Å². The average molecular weight is 655 g/mol. The molecule has 0 aliphatic rings. The maximum Gasteiger partial charge on any atom is 0.588 e. The molecule has 2 aromatic carbocycles. The van der Waals surface area contributed by atoms with E-state index in [1.54, 1.807) is 74.6 Å². The van der Waals surface area contributed by atoms with Crippen LogP contribution in [0.25, 0.3) is 0 Å². The highest BCUT2D eigenvalue weighted by Gasteiger charge is 2.34. The van der Waals surface area contributed by atoms with E-state index < -0.39 is 19.8 Å². The molecule has 42 heavy (non-hydrogen) atoms. The van der Waals surface area contributed by atoms with Crippen LogP contribution in [-0.2, 0) is 9.09 Å². The number of benzene rings is 2. The molecule has 2 rings (SSSR count). The summed E-state index contributed by atoms with van der Waals surface area (Å²) in [5, 5.41) is 2.99. The minimum absolute atomic E-state index is 0.0156. The normalized spacial score (nSPS) is 13.3. The topological polar surface area (TPSA) is 73.9 Å². The summed E-state index contributed by atoms with van der Waals surface area (Å²) >= 11 is 17.7. The number of alkyl halides is 2. The van der Waals surface area contributed by atoms with Crippen LogP contribution in [0.15, 0.2) is 96.8 Å². The highest BCUT2D eigenvalue weighted by atomic mass is 35.5. The molecule has 0 fully saturated rings. The van der Waals surface area contributed by atoms with E-state index in [1.165, 1.54) is 18.2 Å². The quantitative estimate of drug-likeness (QED) is 0.0950. The minimum Gasteiger partial charge on any atom is -0.395 e. The summed E-state index contributed by atoms with van der Waals surface area (Å²) in [6.07, 6.45) is 17.0. The molecular weight excluding hydrogens is 616 g/mol. The van der Waals surface area contributed by atoms with Gasteiger partial charge in [-0.15, -0.1) is 35.5 Å². The van der Waals surface area contributed by atoms with Gasteiger partial charge < -0.3 is 14.4 Å². The number of halogens is 3. The molecular formula is C32H39Cl3NO5P. The Kier molecular flexibility index (Phi) is 22.0. The number of rotatable bonds is 14. The van der Waals surface area contributed by atoms with Gasteiger partial charge in [-0.3, -0.25) is 9.32 Å². The fraction of sp³-hybridized carbons (Fsp3) is 0.281. The lowest BCUT2D eigenvalue weighted by Crippen LogP contribution is -2.23. The number of para-hydroxylation sites is 1. The van der Waals surface area contributed by atoms with Gasteiger partial charge in [-0.2, -0.15) is 0 Å². The molecule has 0 aliphatic heterocycles. The molecule has 0 saturated carbocycles. The Bertz CT molecular complexity index is 1270. The van der Waals surface area contributed by atoms with Crippen LogP contribution in [0.2, 0.25) is 5.02 Å². The van der Waals surface area contributed by atoms with Gasteiger partial charge >= 0.3 is 7.82 Å². The van der Waals surface area contributed by atoms with Crippen molar-refractivity contribution in [1.82, 2.24) is 5.32 Å². The second-order valence-corrected chi connectivity index (χ2v) is 10.3. The third-order valence-corrected chi connectivity index (χ3v) is 6.47. The summed E-state index contributed by atoms with van der Waals surface area (Å²) in [5.41, 5.74) is 0.437. The van der Waals surface area contributed by atoms with Crippen LogP contribution in [0, 0.1) is 12.3 Å². The fourth-order valence-corrected chi connectivity index (χ4v) is 4.65. The lowest BCUT2D eigenvalue weighted by atomic mass is 10.2. The molecule has 228 valence electrons. The molecule has 10 heteroatoms. The molecule has 6 nitrogen and oxygen atoms in total. The van der Waals surface area contributed by atoms with E-state index >= 15 is 0 Å². The molecule has 0 saturated heterocycles. The summed E-state index contributed by atoms with van der Waals surface area (Å²) in [4.78, 5) is 13.1. The molecule has 0 aliphatic carbocycles. The second-order valence-electron chi connectivity index (χ2n) is 7.73. The van der Waals surface area contributed by atoms with Gasteiger partial charge in [0.05, 0.1) is 11.7 Å². The van der Waals surface area contributed by atoms with E-state index in [2.05, 4.69) is 17.7 Å². The number of hydrogen-bond donors (Lipinski definition) is 1. The third kappa shape index (κ3) is 16.5. The lowest BCUT2D eigenvalue weighted by molar-refractivity contribution is 0.0965. The van der Waals surface area contributed by atoms with E-state index in [1.807, 2.05) is 32.9 Å². The number of allylic oxidation sites excluding steroid dienone is 6. The SMILES string of the molecule is C#CC.CC.CC/C=C\C=C/C(C)OP(=O)(Oc1ccccc1)Oc1ccc(Cl)cc1C(=O)NC(/C=C\CCl)=C/CCl. The number of phosphoric acid groups is 1. The van der Waals surface area contributed by atoms with E-state index in [4.69, 9.17) is 48.4 Å². The maximum atomic E-state index is 13.8. The van der Waals surface area contributed by atoms with Crippen molar-refractivity contribution in [2.45, 2.75) is 47.1 Å². The van der Waals surface area contributed by atoms with Gasteiger partial charge in [0, 0.05) is 22.5 Å². The highest BCUT2D eigenvalue weighted by molar-refractivity contribution is 7.49. The molecule has 0 heterocycles. The van der Waals surface area contributed by atoms with Crippen LogP contribution in [0.1, 0.15) is 51.4 Å². The molecule has 2 unspecified atom stereocenters. The van der Waals surface area contributed by atoms with Crippen molar-refractivity contribution in [3.63, 3.8) is 0 Å². The first-order chi connectivity index (χ1) is 20.2. The van der Waals surface area contributed by atoms with Crippen molar-refractivity contribution in [3.05, 3.63) is 107 Å². The van der Waals surface area contributed by atoms with E-state index in [0.717, 1.165) is 6.42 Å². The van der Waals surface area contributed by atoms with Crippen LogP contribution in [0.3, 0.4) is 0 Å². The first-order valence-corrected chi connectivity index (χ1v) is 16.2. The Morgan fingerprint density at radius 1 is 1.07 bits per heavy atom. The van der Waals surface area contributed by atoms with Crippen molar-refractivity contribution in [2.75, 3.05) is 11.8 Å². The number of hydrogen-bond acceptors (Lipinski definition) is 5. The fourth-order valence-electron chi connectivity index (χ4n) is 2.84. The number of terminal acetylenes is 1. The van der Waals surface area contributed by atoms with Crippen LogP contribution in [-0.4, -0.2) is 23.8 Å². The zero-order valence-electron chi connectivity index (χ0n) is 24.6. The Morgan fingerprint density at radius 2 is 1.74 bits per heavy atom. The zero-order valence-corrected chi connectivity index (χ0v) is 27.7. The van der Waals surface area contributed by atoms with Crippen LogP contribution >= 0.6 is 42.6 Å². The summed E-state index contributed by atoms with van der Waals surface area (Å²) in [6, 6.07) is 12.8. The summed E-state index contributed by atoms with van der Waals surface area (Å²) < 4.78 is 31.0. The van der Waals surface area contributed by atoms with E-state index in [9.17, 15) is 9.36 Å². The molecule has 1 amide bonds. The number of nitrogens with one attached hydrogen (secondary N) is 1. The first kappa shape index (κ1) is 39.1. The monoisotopic (exact) mass is 653 g/mol. The minimum atomic E-state index is -4.29. The Hall–Kier alpha value is -2.91. The standard InChI is InChI=1S/C27H29Cl3NO5P.C3H4.C2H6/c1-3-4-5-7-11-21(2)34-37(33,35-24-13-8-6-9-14-24)36-26-16-15-22(30)20-25(26)27(32)31-23(17-19-29)12-10-18-28;1-3-2;1-2/h4-17,20-21H,3,18-19H2,1-2H3,(H,31,32);1H,2H3;1-2H3/b5-4-,11-7-,12-10-,23-17+;;. The number of carbonyl (C=O) groups is 1. The average Bonchev–Trinajstić information content (AvgIpc) is 2.97. The summed E-state index contributed by atoms with van der Waals surface area (Å²) in [7, 11) is -4.29. The maximum absolute atomic E-state index is 13.8. The predicted octanol–water partition coefficient (Wildman–Crippen LogP) is 10.1. The molecule has 1 N–H and O–H groups in total. The van der Waals surface area contributed by atoms with Crippen molar-refractivity contribution in [1.29, 1.82) is 0 Å². The first-order valence-electron chi connectivity index (χ1n) is 13.2. The predicted molar refractivity (Wildman–Crippen MR) is 178 cm³/mol. The van der Waals surface area contributed by atoms with Gasteiger partial charge in [0.15, 0.2) is 0 Å². The summed E-state index contributed by atoms with van der Waals surface area (Å²) in [5.74, 6) is 2.31. The van der Waals surface area contributed by atoms with Crippen molar-refractivity contribution in [3.8, 4) is 23.8 Å². The van der Waals surface area contributed by atoms with Crippen molar-refractivity contribution >= 4 is 48.5 Å². The molecule has 2 atom stereocenters. The van der Waals surface area contributed by atoms with Crippen molar-refractivity contribution < 1.29 is 22.9 Å². The van der Waals surface area contributed by atoms with Gasteiger partial charge in [0.1, 0.15) is 11.5 Å². The third-order valence-electron chi connectivity index (χ3n) is 4.46. The van der Waals surface area contributed by atoms with Gasteiger partial charge in [0.2, 0.25) is 0 Å². The largest absolute Gasteiger partial charge is 0.588 e. The molecule has 0 radical (unpaired) electrons. The van der Waals surface area contributed by atoms with Gasteiger partial charge in [-0.05, 0) is 62.8 Å². The van der Waals surface area contributed by atoms with Gasteiger partial charge in [0.25, 0.3) is 5.91 Å². The zero-order chi connectivity index (χ0) is 31.8. The number of carbonyl (C=O) groups excluding carboxylic acids is 1. The Balaban J connectivity index is 0.00000315.